The topological polar surface area (TPSA) is 17.1 Å². The zero-order valence-corrected chi connectivity index (χ0v) is 13.4. The second-order valence-electron chi connectivity index (χ2n) is 5.13. The standard InChI is InChI=1S/C19H17OP/c1-16-4-8-18(9-5-16)12-14-21(3,20)15-13-19-10-6-17(2)7-11-19/h4-11H,1-3H3. The van der Waals surface area contributed by atoms with Crippen LogP contribution in [0.25, 0.3) is 0 Å². The summed E-state index contributed by atoms with van der Waals surface area (Å²) in [4.78, 5) is 0. The minimum absolute atomic E-state index is 0.861. The molecule has 0 saturated carbocycles. The summed E-state index contributed by atoms with van der Waals surface area (Å²) in [6.07, 6.45) is 0. The largest absolute Gasteiger partial charge is 0.296 e. The summed E-state index contributed by atoms with van der Waals surface area (Å²) in [6.45, 7) is 5.65. The van der Waals surface area contributed by atoms with Gasteiger partial charge in [-0.2, -0.15) is 0 Å². The first-order valence-corrected chi connectivity index (χ1v) is 8.87. The Kier molecular flexibility index (Phi) is 4.70. The molecule has 0 heterocycles. The minimum atomic E-state index is -2.77. The number of aryl methyl sites for hydroxylation is 2. The fourth-order valence-corrected chi connectivity index (χ4v) is 2.38. The van der Waals surface area contributed by atoms with E-state index in [-0.39, 0.29) is 0 Å². The molecular formula is C19H17OP. The first-order valence-electron chi connectivity index (χ1n) is 6.72. The van der Waals surface area contributed by atoms with Gasteiger partial charge in [0.05, 0.1) is 0 Å². The summed E-state index contributed by atoms with van der Waals surface area (Å²) < 4.78 is 12.3. The summed E-state index contributed by atoms with van der Waals surface area (Å²) in [7, 11) is -2.77. The van der Waals surface area contributed by atoms with Gasteiger partial charge in [-0.3, -0.25) is 4.57 Å². The van der Waals surface area contributed by atoms with E-state index in [1.54, 1.807) is 6.66 Å². The highest BCUT2D eigenvalue weighted by atomic mass is 31.2. The SMILES string of the molecule is Cc1ccc(C#CP(C)(=O)C#Cc2ccc(C)cc2)cc1. The molecule has 104 valence electrons. The Morgan fingerprint density at radius 2 is 1.05 bits per heavy atom. The lowest BCUT2D eigenvalue weighted by Gasteiger charge is -1.95. The third kappa shape index (κ3) is 5.00. The van der Waals surface area contributed by atoms with Crippen LogP contribution in [-0.2, 0) is 4.57 Å². The maximum absolute atomic E-state index is 12.3. The summed E-state index contributed by atoms with van der Waals surface area (Å²) in [5.41, 5.74) is 9.70. The van der Waals surface area contributed by atoms with Gasteiger partial charge in [0, 0.05) is 17.8 Å². The summed E-state index contributed by atoms with van der Waals surface area (Å²) in [6, 6.07) is 15.7. The second-order valence-corrected chi connectivity index (χ2v) is 7.43. The van der Waals surface area contributed by atoms with Crippen LogP contribution in [0, 0.1) is 37.0 Å². The van der Waals surface area contributed by atoms with E-state index in [1.807, 2.05) is 62.4 Å². The third-order valence-corrected chi connectivity index (χ3v) is 4.01. The van der Waals surface area contributed by atoms with Crippen LogP contribution in [0.3, 0.4) is 0 Å². The van der Waals surface area contributed by atoms with E-state index in [4.69, 9.17) is 0 Å². The molecule has 0 N–H and O–H groups in total. The molecule has 2 aromatic carbocycles. The fourth-order valence-electron chi connectivity index (χ4n) is 1.64. The molecule has 0 aliphatic carbocycles. The van der Waals surface area contributed by atoms with Crippen molar-refractivity contribution in [1.82, 2.24) is 0 Å². The Labute approximate surface area is 126 Å². The van der Waals surface area contributed by atoms with E-state index >= 15 is 0 Å². The highest BCUT2D eigenvalue weighted by Gasteiger charge is 2.05. The van der Waals surface area contributed by atoms with Gasteiger partial charge in [0.15, 0.2) is 0 Å². The zero-order chi connectivity index (χ0) is 15.3. The summed E-state index contributed by atoms with van der Waals surface area (Å²) in [5, 5.41) is 0. The van der Waals surface area contributed by atoms with Crippen LogP contribution in [0.15, 0.2) is 48.5 Å². The molecule has 2 rings (SSSR count). The van der Waals surface area contributed by atoms with Crippen molar-refractivity contribution in [2.45, 2.75) is 13.8 Å². The average molecular weight is 292 g/mol. The average Bonchev–Trinajstić information content (AvgIpc) is 2.46. The Morgan fingerprint density at radius 1 is 0.714 bits per heavy atom. The maximum atomic E-state index is 12.3. The monoisotopic (exact) mass is 292 g/mol. The van der Waals surface area contributed by atoms with Gasteiger partial charge in [-0.1, -0.05) is 47.2 Å². The van der Waals surface area contributed by atoms with Crippen molar-refractivity contribution < 1.29 is 4.57 Å². The predicted octanol–water partition coefficient (Wildman–Crippen LogP) is 4.61. The van der Waals surface area contributed by atoms with Gasteiger partial charge in [-0.15, -0.1) is 0 Å². The van der Waals surface area contributed by atoms with Crippen molar-refractivity contribution in [3.8, 4) is 23.2 Å². The number of hydrogen-bond acceptors (Lipinski definition) is 1. The van der Waals surface area contributed by atoms with Crippen LogP contribution in [0.1, 0.15) is 22.3 Å². The molecule has 0 bridgehead atoms. The van der Waals surface area contributed by atoms with Crippen LogP contribution in [0.5, 0.6) is 0 Å². The lowest BCUT2D eigenvalue weighted by atomic mass is 10.2. The van der Waals surface area contributed by atoms with Crippen molar-refractivity contribution in [2.75, 3.05) is 6.66 Å². The van der Waals surface area contributed by atoms with Crippen LogP contribution >= 0.6 is 7.14 Å². The number of benzene rings is 2. The van der Waals surface area contributed by atoms with Crippen LogP contribution in [0.4, 0.5) is 0 Å². The molecule has 21 heavy (non-hydrogen) atoms. The van der Waals surface area contributed by atoms with E-state index in [1.165, 1.54) is 11.1 Å². The summed E-state index contributed by atoms with van der Waals surface area (Å²) in [5.74, 6) is 5.88. The first-order chi connectivity index (χ1) is 9.94. The molecule has 0 radical (unpaired) electrons. The van der Waals surface area contributed by atoms with Crippen LogP contribution in [-0.4, -0.2) is 6.66 Å². The Morgan fingerprint density at radius 3 is 1.38 bits per heavy atom. The smallest absolute Gasteiger partial charge is 0.220 e. The van der Waals surface area contributed by atoms with Crippen LogP contribution < -0.4 is 0 Å². The second kappa shape index (κ2) is 6.49. The lowest BCUT2D eigenvalue weighted by Crippen LogP contribution is -1.77. The highest BCUT2D eigenvalue weighted by Crippen LogP contribution is 2.38. The van der Waals surface area contributed by atoms with Crippen molar-refractivity contribution >= 4 is 7.14 Å². The third-order valence-electron chi connectivity index (χ3n) is 2.93. The van der Waals surface area contributed by atoms with Gasteiger partial charge < -0.3 is 0 Å². The first kappa shape index (κ1) is 15.2. The Hall–Kier alpha value is -2.21. The Balaban J connectivity index is 2.18. The molecule has 0 aromatic heterocycles. The van der Waals surface area contributed by atoms with Crippen molar-refractivity contribution in [3.63, 3.8) is 0 Å². The van der Waals surface area contributed by atoms with Gasteiger partial charge in [-0.05, 0) is 49.4 Å². The van der Waals surface area contributed by atoms with Crippen molar-refractivity contribution in [1.29, 1.82) is 0 Å². The molecule has 0 unspecified atom stereocenters. The lowest BCUT2D eigenvalue weighted by molar-refractivity contribution is 0.591. The fraction of sp³-hybridized carbons (Fsp3) is 0.158. The maximum Gasteiger partial charge on any atom is 0.220 e. The van der Waals surface area contributed by atoms with Crippen molar-refractivity contribution in [2.24, 2.45) is 0 Å². The quantitative estimate of drug-likeness (QED) is 0.511. The highest BCUT2D eigenvalue weighted by molar-refractivity contribution is 7.73. The molecule has 0 spiro atoms. The summed E-state index contributed by atoms with van der Waals surface area (Å²) >= 11 is 0. The molecule has 2 heteroatoms. The molecule has 2 aromatic rings. The molecule has 0 atom stereocenters. The molecule has 1 nitrogen and oxygen atoms in total. The number of rotatable bonds is 0. The molecule has 0 saturated heterocycles. The molecular weight excluding hydrogens is 275 g/mol. The minimum Gasteiger partial charge on any atom is -0.296 e. The van der Waals surface area contributed by atoms with Crippen molar-refractivity contribution in [3.05, 3.63) is 70.8 Å². The van der Waals surface area contributed by atoms with Gasteiger partial charge in [0.25, 0.3) is 0 Å². The van der Waals surface area contributed by atoms with Gasteiger partial charge in [0.2, 0.25) is 7.14 Å². The van der Waals surface area contributed by atoms with E-state index in [0.717, 1.165) is 11.1 Å². The normalized spacial score (nSPS) is 10.0. The predicted molar refractivity (Wildman–Crippen MR) is 89.6 cm³/mol. The van der Waals surface area contributed by atoms with E-state index in [9.17, 15) is 4.57 Å². The molecule has 0 aliphatic heterocycles. The zero-order valence-electron chi connectivity index (χ0n) is 12.5. The van der Waals surface area contributed by atoms with E-state index in [2.05, 4.69) is 23.2 Å². The van der Waals surface area contributed by atoms with Gasteiger partial charge in [0.1, 0.15) is 0 Å². The van der Waals surface area contributed by atoms with Gasteiger partial charge >= 0.3 is 0 Å². The van der Waals surface area contributed by atoms with E-state index in [0.29, 0.717) is 0 Å². The van der Waals surface area contributed by atoms with Crippen LogP contribution in [0.2, 0.25) is 0 Å². The molecule has 0 amide bonds. The number of hydrogen-bond donors (Lipinski definition) is 0. The Bertz CT molecular complexity index is 724. The van der Waals surface area contributed by atoms with E-state index < -0.39 is 7.14 Å². The molecule has 0 aliphatic rings. The molecule has 0 fully saturated rings. The van der Waals surface area contributed by atoms with Gasteiger partial charge in [-0.25, -0.2) is 0 Å².